The lowest BCUT2D eigenvalue weighted by molar-refractivity contribution is 0.172. The summed E-state index contributed by atoms with van der Waals surface area (Å²) in [6.07, 6.45) is -0.560. The molecule has 1 heterocycles. The Kier molecular flexibility index (Phi) is 4.75. The van der Waals surface area contributed by atoms with Crippen LogP contribution in [0.15, 0.2) is 12.1 Å². The van der Waals surface area contributed by atoms with E-state index in [1.165, 1.54) is 12.0 Å². The molecule has 1 aromatic carbocycles. The normalized spacial score (nSPS) is 10.5. The van der Waals surface area contributed by atoms with Crippen LogP contribution in [0.2, 0.25) is 5.02 Å². The largest absolute Gasteiger partial charge is 0.496 e. The number of aromatic hydroxyl groups is 1. The van der Waals surface area contributed by atoms with E-state index in [1.807, 2.05) is 6.92 Å². The minimum atomic E-state index is -0.560. The van der Waals surface area contributed by atoms with Crippen molar-refractivity contribution in [3.05, 3.63) is 28.4 Å². The topological polar surface area (TPSA) is 74.8 Å². The van der Waals surface area contributed by atoms with Gasteiger partial charge in [0, 0.05) is 14.1 Å². The van der Waals surface area contributed by atoms with E-state index >= 15 is 0 Å². The van der Waals surface area contributed by atoms with E-state index in [9.17, 15) is 9.90 Å². The van der Waals surface area contributed by atoms with Crippen LogP contribution in [0.3, 0.4) is 0 Å². The molecule has 7 heteroatoms. The van der Waals surface area contributed by atoms with Crippen molar-refractivity contribution in [2.45, 2.75) is 13.8 Å². The van der Waals surface area contributed by atoms with Gasteiger partial charge in [-0.3, -0.25) is 0 Å². The maximum Gasteiger partial charge on any atom is 0.414 e. The summed E-state index contributed by atoms with van der Waals surface area (Å²) >= 11 is 6.34. The van der Waals surface area contributed by atoms with Crippen molar-refractivity contribution in [3.63, 3.8) is 0 Å². The second kappa shape index (κ2) is 6.42. The van der Waals surface area contributed by atoms with Gasteiger partial charge in [-0.1, -0.05) is 11.6 Å². The van der Waals surface area contributed by atoms with E-state index in [4.69, 9.17) is 21.1 Å². The van der Waals surface area contributed by atoms with Crippen LogP contribution in [-0.4, -0.2) is 42.3 Å². The Bertz CT molecular complexity index is 753. The van der Waals surface area contributed by atoms with Crippen LogP contribution < -0.4 is 9.47 Å². The highest BCUT2D eigenvalue weighted by Crippen LogP contribution is 2.48. The number of hydrogen-bond acceptors (Lipinski definition) is 4. The zero-order chi connectivity index (χ0) is 17.3. The number of hydrogen-bond donors (Lipinski definition) is 2. The number of H-pyrrole nitrogens is 1. The molecule has 2 rings (SSSR count). The molecule has 0 aliphatic heterocycles. The van der Waals surface area contributed by atoms with Crippen LogP contribution in [0.1, 0.15) is 11.3 Å². The number of aryl methyl sites for hydroxylation is 2. The molecule has 23 heavy (non-hydrogen) atoms. The van der Waals surface area contributed by atoms with Crippen LogP contribution in [0.4, 0.5) is 4.79 Å². The fourth-order valence-corrected chi connectivity index (χ4v) is 2.60. The molecule has 2 N–H and O–H groups in total. The van der Waals surface area contributed by atoms with Gasteiger partial charge in [-0.2, -0.15) is 0 Å². The molecule has 0 bridgehead atoms. The lowest BCUT2D eigenvalue weighted by atomic mass is 10.0. The van der Waals surface area contributed by atoms with Gasteiger partial charge in [0.2, 0.25) is 5.88 Å². The van der Waals surface area contributed by atoms with Gasteiger partial charge < -0.3 is 24.5 Å². The number of aromatic nitrogens is 1. The number of ether oxygens (including phenoxy) is 2. The number of nitrogens with zero attached hydrogens (tertiary/aromatic N) is 1. The molecule has 0 saturated carbocycles. The van der Waals surface area contributed by atoms with Gasteiger partial charge in [0.1, 0.15) is 5.75 Å². The molecule has 2 aromatic rings. The van der Waals surface area contributed by atoms with Crippen molar-refractivity contribution in [1.29, 1.82) is 0 Å². The Morgan fingerprint density at radius 2 is 1.91 bits per heavy atom. The summed E-state index contributed by atoms with van der Waals surface area (Å²) in [6.45, 7) is 3.57. The third-order valence-corrected chi connectivity index (χ3v) is 3.63. The van der Waals surface area contributed by atoms with Crippen molar-refractivity contribution < 1.29 is 19.4 Å². The fourth-order valence-electron chi connectivity index (χ4n) is 2.24. The van der Waals surface area contributed by atoms with Crippen molar-refractivity contribution in [2.24, 2.45) is 0 Å². The molecular formula is C16H19ClN2O4. The van der Waals surface area contributed by atoms with Crippen LogP contribution in [0.25, 0.3) is 11.1 Å². The van der Waals surface area contributed by atoms with Crippen LogP contribution in [0.5, 0.6) is 17.4 Å². The Hall–Kier alpha value is -2.34. The van der Waals surface area contributed by atoms with Gasteiger partial charge in [-0.25, -0.2) is 4.79 Å². The average Bonchev–Trinajstić information content (AvgIpc) is 2.72. The molecule has 124 valence electrons. The molecule has 1 aromatic heterocycles. The number of rotatable bonds is 3. The van der Waals surface area contributed by atoms with Gasteiger partial charge in [0.05, 0.1) is 29.0 Å². The summed E-state index contributed by atoms with van der Waals surface area (Å²) in [5.74, 6) is 0.546. The number of methoxy groups -OCH3 is 1. The molecule has 0 radical (unpaired) electrons. The monoisotopic (exact) mass is 338 g/mol. The van der Waals surface area contributed by atoms with Crippen molar-refractivity contribution in [1.82, 2.24) is 9.88 Å². The fraction of sp³-hybridized carbons (Fsp3) is 0.312. The number of carbonyl (C=O) groups excluding carboxylic acids is 1. The smallest absolute Gasteiger partial charge is 0.414 e. The second-order valence-corrected chi connectivity index (χ2v) is 5.80. The molecule has 6 nitrogen and oxygen atoms in total. The summed E-state index contributed by atoms with van der Waals surface area (Å²) < 4.78 is 10.8. The Labute approximate surface area is 139 Å². The predicted molar refractivity (Wildman–Crippen MR) is 88.6 cm³/mol. The first kappa shape index (κ1) is 17.0. The Morgan fingerprint density at radius 1 is 1.26 bits per heavy atom. The molecule has 0 fully saturated rings. The molecular weight excluding hydrogens is 320 g/mol. The van der Waals surface area contributed by atoms with E-state index in [2.05, 4.69) is 4.98 Å². The van der Waals surface area contributed by atoms with Gasteiger partial charge in [0.15, 0.2) is 5.75 Å². The van der Waals surface area contributed by atoms with Crippen LogP contribution in [0, 0.1) is 13.8 Å². The third-order valence-electron chi connectivity index (χ3n) is 3.33. The Morgan fingerprint density at radius 3 is 2.48 bits per heavy atom. The summed E-state index contributed by atoms with van der Waals surface area (Å²) in [5, 5.41) is 10.6. The summed E-state index contributed by atoms with van der Waals surface area (Å²) in [4.78, 5) is 15.9. The van der Waals surface area contributed by atoms with Crippen molar-refractivity contribution in [2.75, 3.05) is 21.2 Å². The zero-order valence-electron chi connectivity index (χ0n) is 13.7. The summed E-state index contributed by atoms with van der Waals surface area (Å²) in [7, 11) is 4.66. The first-order chi connectivity index (χ1) is 10.8. The number of halogens is 1. The van der Waals surface area contributed by atoms with Gasteiger partial charge >= 0.3 is 6.09 Å². The quantitative estimate of drug-likeness (QED) is 0.894. The number of nitrogens with one attached hydrogen (secondary N) is 1. The molecule has 0 atom stereocenters. The lowest BCUT2D eigenvalue weighted by Crippen LogP contribution is -2.25. The first-order valence-corrected chi connectivity index (χ1v) is 7.29. The SMILES string of the molecule is COc1cc(C)cc(Cl)c1-c1c(O)[nH]c(C)c1OC(=O)N(C)C. The minimum Gasteiger partial charge on any atom is -0.496 e. The van der Waals surface area contributed by atoms with Crippen LogP contribution >= 0.6 is 11.6 Å². The van der Waals surface area contributed by atoms with Gasteiger partial charge in [-0.05, 0) is 31.5 Å². The summed E-state index contributed by atoms with van der Waals surface area (Å²) in [5.41, 5.74) is 2.17. The minimum absolute atomic E-state index is 0.145. The molecule has 0 spiro atoms. The standard InChI is InChI=1S/C16H19ClN2O4/c1-8-6-10(17)12(11(7-8)22-5)13-14(9(2)18-15(13)20)23-16(21)19(3)4/h6-7,18,20H,1-5H3. The highest BCUT2D eigenvalue weighted by atomic mass is 35.5. The average molecular weight is 339 g/mol. The van der Waals surface area contributed by atoms with Gasteiger partial charge in [-0.15, -0.1) is 0 Å². The maximum atomic E-state index is 11.9. The molecule has 0 aliphatic rings. The first-order valence-electron chi connectivity index (χ1n) is 6.91. The van der Waals surface area contributed by atoms with E-state index in [1.54, 1.807) is 33.2 Å². The molecule has 1 amide bonds. The van der Waals surface area contributed by atoms with E-state index < -0.39 is 6.09 Å². The molecule has 0 unspecified atom stereocenters. The maximum absolute atomic E-state index is 11.9. The zero-order valence-corrected chi connectivity index (χ0v) is 14.4. The number of carbonyl (C=O) groups is 1. The van der Waals surface area contributed by atoms with E-state index in [0.717, 1.165) is 5.56 Å². The number of amides is 1. The highest BCUT2D eigenvalue weighted by Gasteiger charge is 2.26. The lowest BCUT2D eigenvalue weighted by Gasteiger charge is -2.15. The number of aromatic amines is 1. The highest BCUT2D eigenvalue weighted by molar-refractivity contribution is 6.34. The second-order valence-electron chi connectivity index (χ2n) is 5.39. The van der Waals surface area contributed by atoms with E-state index in [0.29, 0.717) is 27.6 Å². The van der Waals surface area contributed by atoms with E-state index in [-0.39, 0.29) is 11.6 Å². The predicted octanol–water partition coefficient (Wildman–Crippen LogP) is 3.73. The molecule has 0 saturated heterocycles. The number of benzene rings is 1. The Balaban J connectivity index is 2.67. The summed E-state index contributed by atoms with van der Waals surface area (Å²) in [6, 6.07) is 3.54. The van der Waals surface area contributed by atoms with Gasteiger partial charge in [0.25, 0.3) is 0 Å². The molecule has 0 aliphatic carbocycles. The van der Waals surface area contributed by atoms with Crippen LogP contribution in [-0.2, 0) is 0 Å². The third kappa shape index (κ3) is 3.22. The van der Waals surface area contributed by atoms with Crippen molar-refractivity contribution in [3.8, 4) is 28.5 Å². The van der Waals surface area contributed by atoms with Crippen molar-refractivity contribution >= 4 is 17.7 Å².